The fourth-order valence-electron chi connectivity index (χ4n) is 3.64. The van der Waals surface area contributed by atoms with E-state index in [1.165, 1.54) is 7.11 Å². The van der Waals surface area contributed by atoms with Crippen LogP contribution in [0.1, 0.15) is 16.1 Å². The number of carbonyl (C=O) groups is 2. The van der Waals surface area contributed by atoms with Crippen LogP contribution < -0.4 is 21.1 Å². The van der Waals surface area contributed by atoms with Crippen molar-refractivity contribution in [3.05, 3.63) is 77.7 Å². The van der Waals surface area contributed by atoms with Crippen molar-refractivity contribution in [1.82, 2.24) is 4.98 Å². The van der Waals surface area contributed by atoms with Crippen molar-refractivity contribution < 1.29 is 31.9 Å². The Kier molecular flexibility index (Phi) is 6.08. The van der Waals surface area contributed by atoms with E-state index >= 15 is 0 Å². The van der Waals surface area contributed by atoms with Crippen molar-refractivity contribution in [2.75, 3.05) is 17.7 Å². The summed E-state index contributed by atoms with van der Waals surface area (Å²) in [5.74, 6) is -1.36. The summed E-state index contributed by atoms with van der Waals surface area (Å²) < 4.78 is 57.3. The van der Waals surface area contributed by atoms with Crippen LogP contribution in [0.4, 0.5) is 33.7 Å². The van der Waals surface area contributed by atoms with E-state index in [1.807, 2.05) is 0 Å². The maximum atomic E-state index is 14.0. The summed E-state index contributed by atoms with van der Waals surface area (Å²) in [6.45, 7) is 0. The first kappa shape index (κ1) is 23.6. The Balaban J connectivity index is 1.55. The number of hydrogen-bond acceptors (Lipinski definition) is 3. The number of halogens is 4. The molecule has 1 heterocycles. The first-order chi connectivity index (χ1) is 16.6. The molecule has 0 saturated carbocycles. The highest BCUT2D eigenvalue weighted by molar-refractivity contribution is 6.10. The van der Waals surface area contributed by atoms with Gasteiger partial charge in [-0.15, -0.1) is 0 Å². The molecule has 0 aliphatic carbocycles. The Morgan fingerprint density at radius 3 is 2.31 bits per heavy atom. The van der Waals surface area contributed by atoms with Crippen LogP contribution in [0.3, 0.4) is 0 Å². The number of methoxy groups -OCH3 is 1. The van der Waals surface area contributed by atoms with Crippen molar-refractivity contribution in [2.45, 2.75) is 6.18 Å². The molecule has 0 saturated heterocycles. The van der Waals surface area contributed by atoms with Gasteiger partial charge in [-0.3, -0.25) is 4.79 Å². The van der Waals surface area contributed by atoms with Crippen LogP contribution in [-0.4, -0.2) is 24.0 Å². The highest BCUT2D eigenvalue weighted by atomic mass is 19.4. The fraction of sp³-hybridized carbons (Fsp3) is 0.0833. The van der Waals surface area contributed by atoms with Gasteiger partial charge in [0.15, 0.2) is 0 Å². The number of nitrogens with two attached hydrogens (primary N) is 1. The van der Waals surface area contributed by atoms with Crippen LogP contribution in [0, 0.1) is 5.82 Å². The molecule has 0 fully saturated rings. The summed E-state index contributed by atoms with van der Waals surface area (Å²) in [5, 5.41) is 5.34. The number of fused-ring (bicyclic) bond motifs is 1. The van der Waals surface area contributed by atoms with Gasteiger partial charge in [-0.25, -0.2) is 9.18 Å². The van der Waals surface area contributed by atoms with Crippen molar-refractivity contribution in [3.8, 4) is 16.9 Å². The number of para-hydroxylation sites is 1. The molecule has 3 aromatic carbocycles. The number of urea groups is 1. The van der Waals surface area contributed by atoms with E-state index in [0.717, 1.165) is 6.07 Å². The Morgan fingerprint density at radius 2 is 1.71 bits per heavy atom. The van der Waals surface area contributed by atoms with Gasteiger partial charge in [0.05, 0.1) is 23.9 Å². The number of H-pyrrole nitrogens is 1. The highest BCUT2D eigenvalue weighted by Gasteiger charge is 2.31. The number of benzene rings is 3. The topological polar surface area (TPSA) is 109 Å². The zero-order valence-electron chi connectivity index (χ0n) is 18.1. The lowest BCUT2D eigenvalue weighted by atomic mass is 10.0. The van der Waals surface area contributed by atoms with Crippen LogP contribution >= 0.6 is 0 Å². The second-order valence-electron chi connectivity index (χ2n) is 7.47. The Hall–Kier alpha value is -4.54. The predicted octanol–water partition coefficient (Wildman–Crippen LogP) is 5.74. The lowest BCUT2D eigenvalue weighted by molar-refractivity contribution is -0.137. The van der Waals surface area contributed by atoms with Crippen LogP contribution in [0.15, 0.2) is 60.7 Å². The molecular formula is C24H18F4N4O3. The van der Waals surface area contributed by atoms with Gasteiger partial charge in [0.1, 0.15) is 17.3 Å². The number of hydrogen-bond donors (Lipinski definition) is 4. The van der Waals surface area contributed by atoms with Crippen LogP contribution in [0.5, 0.6) is 5.75 Å². The van der Waals surface area contributed by atoms with Crippen LogP contribution in [0.25, 0.3) is 22.0 Å². The van der Waals surface area contributed by atoms with E-state index in [4.69, 9.17) is 10.5 Å². The monoisotopic (exact) mass is 486 g/mol. The van der Waals surface area contributed by atoms with Gasteiger partial charge in [0, 0.05) is 16.6 Å². The Morgan fingerprint density at radius 1 is 1.00 bits per heavy atom. The summed E-state index contributed by atoms with van der Waals surface area (Å²) in [6.07, 6.45) is -4.70. The van der Waals surface area contributed by atoms with Gasteiger partial charge < -0.3 is 26.1 Å². The SMILES string of the molecule is COc1cccc2c(-c3ccc(NC(=O)Nc4ccc(C(F)(F)F)cc4F)cc3)c(C(N)=O)[nH]c12. The summed E-state index contributed by atoms with van der Waals surface area (Å²) in [5.41, 5.74) is 6.24. The average molecular weight is 486 g/mol. The molecule has 0 bridgehead atoms. The number of primary amides is 1. The number of aromatic amines is 1. The minimum absolute atomic E-state index is 0.181. The normalized spacial score (nSPS) is 11.3. The van der Waals surface area contributed by atoms with E-state index in [9.17, 15) is 27.2 Å². The lowest BCUT2D eigenvalue weighted by Crippen LogP contribution is -2.20. The molecule has 5 N–H and O–H groups in total. The maximum Gasteiger partial charge on any atom is 0.416 e. The summed E-state index contributed by atoms with van der Waals surface area (Å²) >= 11 is 0. The van der Waals surface area contributed by atoms with Crippen LogP contribution in [-0.2, 0) is 6.18 Å². The molecule has 0 radical (unpaired) electrons. The molecule has 0 spiro atoms. The van der Waals surface area contributed by atoms with Crippen molar-refractivity contribution in [1.29, 1.82) is 0 Å². The van der Waals surface area contributed by atoms with Gasteiger partial charge in [0.25, 0.3) is 5.91 Å². The molecule has 0 aliphatic heterocycles. The van der Waals surface area contributed by atoms with Gasteiger partial charge in [-0.2, -0.15) is 13.2 Å². The van der Waals surface area contributed by atoms with Gasteiger partial charge in [-0.05, 0) is 42.0 Å². The minimum atomic E-state index is -4.70. The summed E-state index contributed by atoms with van der Waals surface area (Å²) in [6, 6.07) is 12.6. The number of alkyl halides is 3. The minimum Gasteiger partial charge on any atom is -0.495 e. The molecule has 3 amide bonds. The third-order valence-corrected chi connectivity index (χ3v) is 5.24. The molecule has 180 valence electrons. The van der Waals surface area contributed by atoms with Gasteiger partial charge in [0.2, 0.25) is 0 Å². The second-order valence-corrected chi connectivity index (χ2v) is 7.47. The molecular weight excluding hydrogens is 468 g/mol. The number of ether oxygens (including phenoxy) is 1. The number of carbonyl (C=O) groups excluding carboxylic acids is 2. The number of amides is 3. The third kappa shape index (κ3) is 4.74. The van der Waals surface area contributed by atoms with Crippen LogP contribution in [0.2, 0.25) is 0 Å². The number of aromatic nitrogens is 1. The van der Waals surface area contributed by atoms with Crippen molar-refractivity contribution >= 4 is 34.2 Å². The summed E-state index contributed by atoms with van der Waals surface area (Å²) in [7, 11) is 1.50. The second kappa shape index (κ2) is 9.01. The smallest absolute Gasteiger partial charge is 0.416 e. The molecule has 7 nitrogen and oxygen atoms in total. The number of nitrogens with one attached hydrogen (secondary N) is 3. The standard InChI is InChI=1S/C24H18F4N4O3/c1-35-18-4-2-3-15-19(21(22(29)33)32-20(15)18)12-5-8-14(9-6-12)30-23(34)31-17-10-7-13(11-16(17)25)24(26,27)28/h2-11,32H,1H3,(H2,29,33)(H2,30,31,34). The first-order valence-electron chi connectivity index (χ1n) is 10.1. The number of rotatable bonds is 5. The first-order valence-corrected chi connectivity index (χ1v) is 10.1. The summed E-state index contributed by atoms with van der Waals surface area (Å²) in [4.78, 5) is 27.3. The Labute approximate surface area is 195 Å². The zero-order chi connectivity index (χ0) is 25.3. The molecule has 0 unspecified atom stereocenters. The fourth-order valence-corrected chi connectivity index (χ4v) is 3.64. The number of anilines is 2. The maximum absolute atomic E-state index is 14.0. The van der Waals surface area contributed by atoms with E-state index in [1.54, 1.807) is 42.5 Å². The molecule has 0 aliphatic rings. The van der Waals surface area contributed by atoms with Crippen molar-refractivity contribution in [3.63, 3.8) is 0 Å². The van der Waals surface area contributed by atoms with E-state index in [-0.39, 0.29) is 5.69 Å². The quantitative estimate of drug-likeness (QED) is 0.270. The largest absolute Gasteiger partial charge is 0.495 e. The molecule has 0 atom stereocenters. The molecule has 4 rings (SSSR count). The molecule has 11 heteroatoms. The van der Waals surface area contributed by atoms with E-state index in [0.29, 0.717) is 45.6 Å². The Bertz CT molecular complexity index is 1430. The van der Waals surface area contributed by atoms with E-state index < -0.39 is 35.2 Å². The third-order valence-electron chi connectivity index (χ3n) is 5.24. The molecule has 1 aromatic heterocycles. The van der Waals surface area contributed by atoms with E-state index in [2.05, 4.69) is 15.6 Å². The zero-order valence-corrected chi connectivity index (χ0v) is 18.1. The molecule has 35 heavy (non-hydrogen) atoms. The van der Waals surface area contributed by atoms with Gasteiger partial charge >= 0.3 is 12.2 Å². The molecule has 4 aromatic rings. The predicted molar refractivity (Wildman–Crippen MR) is 123 cm³/mol. The lowest BCUT2D eigenvalue weighted by Gasteiger charge is -2.11. The van der Waals surface area contributed by atoms with Gasteiger partial charge in [-0.1, -0.05) is 24.3 Å². The average Bonchev–Trinajstić information content (AvgIpc) is 3.20. The highest BCUT2D eigenvalue weighted by Crippen LogP contribution is 2.37. The van der Waals surface area contributed by atoms with Crippen molar-refractivity contribution in [2.24, 2.45) is 5.73 Å².